The van der Waals surface area contributed by atoms with Crippen molar-refractivity contribution in [1.29, 1.82) is 0 Å². The maximum Gasteiger partial charge on any atom is 0.257 e. The van der Waals surface area contributed by atoms with Gasteiger partial charge in [-0.3, -0.25) is 9.59 Å². The number of amides is 2. The first-order chi connectivity index (χ1) is 17.0. The van der Waals surface area contributed by atoms with E-state index in [0.29, 0.717) is 66.2 Å². The number of benzene rings is 2. The first-order valence-corrected chi connectivity index (χ1v) is 12.5. The van der Waals surface area contributed by atoms with Crippen LogP contribution in [-0.4, -0.2) is 55.7 Å². The fourth-order valence-electron chi connectivity index (χ4n) is 4.65. The van der Waals surface area contributed by atoms with Crippen LogP contribution in [0.1, 0.15) is 67.2 Å². The van der Waals surface area contributed by atoms with E-state index in [-0.39, 0.29) is 17.9 Å². The molecular weight excluding hydrogens is 448 g/mol. The summed E-state index contributed by atoms with van der Waals surface area (Å²) >= 11 is 0. The molecule has 0 aromatic heterocycles. The molecule has 8 nitrogen and oxygen atoms in total. The molecule has 1 atom stereocenters. The van der Waals surface area contributed by atoms with Crippen molar-refractivity contribution in [3.8, 4) is 23.0 Å². The normalized spacial score (nSPS) is 17.3. The summed E-state index contributed by atoms with van der Waals surface area (Å²) in [5.41, 5.74) is 1.36. The molecule has 2 aromatic carbocycles. The van der Waals surface area contributed by atoms with Crippen molar-refractivity contribution < 1.29 is 28.5 Å². The van der Waals surface area contributed by atoms with Crippen LogP contribution in [0.25, 0.3) is 0 Å². The lowest BCUT2D eigenvalue weighted by Crippen LogP contribution is -2.45. The zero-order chi connectivity index (χ0) is 24.8. The summed E-state index contributed by atoms with van der Waals surface area (Å²) in [6.07, 6.45) is 3.98. The van der Waals surface area contributed by atoms with Crippen LogP contribution >= 0.6 is 0 Å². The second kappa shape index (κ2) is 11.3. The fourth-order valence-corrected chi connectivity index (χ4v) is 4.65. The SMILES string of the molecule is CCOc1cc(C(=O)Nc2ccc3c(c2)C(=O)N2CCCCC2CCO3)cc(OCC)c1OCC. The second-order valence-electron chi connectivity index (χ2n) is 8.55. The van der Waals surface area contributed by atoms with Crippen molar-refractivity contribution in [3.05, 3.63) is 41.5 Å². The third-order valence-electron chi connectivity index (χ3n) is 6.24. The monoisotopic (exact) mass is 482 g/mol. The lowest BCUT2D eigenvalue weighted by atomic mass is 9.97. The van der Waals surface area contributed by atoms with Crippen LogP contribution in [0.4, 0.5) is 5.69 Å². The molecule has 4 rings (SSSR count). The van der Waals surface area contributed by atoms with Gasteiger partial charge in [0, 0.05) is 30.3 Å². The summed E-state index contributed by atoms with van der Waals surface area (Å²) in [4.78, 5) is 28.5. The highest BCUT2D eigenvalue weighted by Crippen LogP contribution is 2.39. The van der Waals surface area contributed by atoms with Crippen molar-refractivity contribution >= 4 is 17.5 Å². The highest BCUT2D eigenvalue weighted by molar-refractivity contribution is 6.06. The minimum absolute atomic E-state index is 0.0427. The van der Waals surface area contributed by atoms with Gasteiger partial charge in [0.1, 0.15) is 5.75 Å². The van der Waals surface area contributed by atoms with Crippen LogP contribution < -0.4 is 24.3 Å². The molecule has 0 aliphatic carbocycles. The van der Waals surface area contributed by atoms with Gasteiger partial charge in [0.15, 0.2) is 11.5 Å². The van der Waals surface area contributed by atoms with E-state index in [0.717, 1.165) is 32.2 Å². The van der Waals surface area contributed by atoms with Crippen LogP contribution in [0.2, 0.25) is 0 Å². The largest absolute Gasteiger partial charge is 0.493 e. The molecular formula is C27H34N2O6. The average Bonchev–Trinajstić information content (AvgIpc) is 2.85. The Hall–Kier alpha value is -3.42. The van der Waals surface area contributed by atoms with Crippen molar-refractivity contribution in [3.63, 3.8) is 0 Å². The van der Waals surface area contributed by atoms with Crippen molar-refractivity contribution in [1.82, 2.24) is 4.90 Å². The lowest BCUT2D eigenvalue weighted by Gasteiger charge is -2.37. The number of carbonyl (C=O) groups is 2. The number of carbonyl (C=O) groups excluding carboxylic acids is 2. The molecule has 0 bridgehead atoms. The van der Waals surface area contributed by atoms with Gasteiger partial charge in [0.05, 0.1) is 32.0 Å². The van der Waals surface area contributed by atoms with Crippen LogP contribution in [0.3, 0.4) is 0 Å². The lowest BCUT2D eigenvalue weighted by molar-refractivity contribution is 0.0548. The summed E-state index contributed by atoms with van der Waals surface area (Å²) in [5, 5.41) is 2.91. The van der Waals surface area contributed by atoms with Gasteiger partial charge >= 0.3 is 0 Å². The zero-order valence-corrected chi connectivity index (χ0v) is 20.7. The smallest absolute Gasteiger partial charge is 0.257 e. The van der Waals surface area contributed by atoms with E-state index in [1.165, 1.54) is 0 Å². The predicted octanol–water partition coefficient (Wildman–Crippen LogP) is 4.91. The molecule has 2 amide bonds. The fraction of sp³-hybridized carbons (Fsp3) is 0.481. The maximum atomic E-state index is 13.4. The minimum Gasteiger partial charge on any atom is -0.493 e. The molecule has 8 heteroatoms. The van der Waals surface area contributed by atoms with Crippen molar-refractivity contribution in [2.45, 2.75) is 52.5 Å². The Balaban J connectivity index is 1.61. The Bertz CT molecular complexity index is 1040. The van der Waals surface area contributed by atoms with Gasteiger partial charge < -0.3 is 29.2 Å². The number of ether oxygens (including phenoxy) is 4. The molecule has 188 valence electrons. The van der Waals surface area contributed by atoms with Crippen LogP contribution in [0, 0.1) is 0 Å². The Morgan fingerprint density at radius 1 is 1.00 bits per heavy atom. The molecule has 2 aliphatic heterocycles. The standard InChI is InChI=1S/C27H34N2O6/c1-4-32-23-15-18(16-24(33-5-2)25(23)34-6-3)26(30)28-19-10-11-22-21(17-19)27(31)29-13-8-7-9-20(29)12-14-35-22/h10-11,15-17,20H,4-9,12-14H2,1-3H3,(H,28,30). The van der Waals surface area contributed by atoms with Gasteiger partial charge in [0.2, 0.25) is 5.75 Å². The molecule has 2 aromatic rings. The third kappa shape index (κ3) is 5.47. The van der Waals surface area contributed by atoms with Crippen LogP contribution in [0.15, 0.2) is 30.3 Å². The number of hydrogen-bond acceptors (Lipinski definition) is 6. The van der Waals surface area contributed by atoms with Crippen LogP contribution in [-0.2, 0) is 0 Å². The molecule has 0 spiro atoms. The van der Waals surface area contributed by atoms with E-state index in [2.05, 4.69) is 5.32 Å². The minimum atomic E-state index is -0.343. The van der Waals surface area contributed by atoms with Gasteiger partial charge in [-0.1, -0.05) is 0 Å². The quantitative estimate of drug-likeness (QED) is 0.575. The van der Waals surface area contributed by atoms with Crippen molar-refractivity contribution in [2.24, 2.45) is 0 Å². The molecule has 1 unspecified atom stereocenters. The van der Waals surface area contributed by atoms with E-state index in [9.17, 15) is 9.59 Å². The first-order valence-electron chi connectivity index (χ1n) is 12.5. The van der Waals surface area contributed by atoms with E-state index in [1.807, 2.05) is 25.7 Å². The molecule has 0 saturated carbocycles. The molecule has 35 heavy (non-hydrogen) atoms. The van der Waals surface area contributed by atoms with Crippen molar-refractivity contribution in [2.75, 3.05) is 38.3 Å². The number of nitrogens with zero attached hydrogens (tertiary/aromatic N) is 1. The molecule has 1 N–H and O–H groups in total. The number of anilines is 1. The third-order valence-corrected chi connectivity index (χ3v) is 6.24. The van der Waals surface area contributed by atoms with E-state index in [1.54, 1.807) is 30.3 Å². The first kappa shape index (κ1) is 24.7. The Morgan fingerprint density at radius 3 is 2.40 bits per heavy atom. The summed E-state index contributed by atoms with van der Waals surface area (Å²) in [6.45, 7) is 8.21. The topological polar surface area (TPSA) is 86.3 Å². The molecule has 2 aliphatic rings. The number of nitrogens with one attached hydrogen (secondary N) is 1. The van der Waals surface area contributed by atoms with Gasteiger partial charge in [-0.15, -0.1) is 0 Å². The Morgan fingerprint density at radius 2 is 1.71 bits per heavy atom. The van der Waals surface area contributed by atoms with E-state index >= 15 is 0 Å². The number of fused-ring (bicyclic) bond motifs is 2. The molecule has 0 radical (unpaired) electrons. The predicted molar refractivity (Wildman–Crippen MR) is 133 cm³/mol. The van der Waals surface area contributed by atoms with E-state index in [4.69, 9.17) is 18.9 Å². The number of rotatable bonds is 8. The highest BCUT2D eigenvalue weighted by atomic mass is 16.5. The average molecular weight is 483 g/mol. The number of hydrogen-bond donors (Lipinski definition) is 1. The molecule has 1 fully saturated rings. The van der Waals surface area contributed by atoms with Gasteiger partial charge in [0.25, 0.3) is 11.8 Å². The maximum absolute atomic E-state index is 13.4. The summed E-state index contributed by atoms with van der Waals surface area (Å²) in [5.74, 6) is 1.54. The summed E-state index contributed by atoms with van der Waals surface area (Å²) < 4.78 is 23.1. The highest BCUT2D eigenvalue weighted by Gasteiger charge is 2.31. The van der Waals surface area contributed by atoms with E-state index < -0.39 is 0 Å². The van der Waals surface area contributed by atoms with Gasteiger partial charge in [-0.25, -0.2) is 0 Å². The summed E-state index contributed by atoms with van der Waals surface area (Å²) in [7, 11) is 0. The zero-order valence-electron chi connectivity index (χ0n) is 20.7. The molecule has 1 saturated heterocycles. The summed E-state index contributed by atoms with van der Waals surface area (Å²) in [6, 6.07) is 8.71. The Labute approximate surface area is 206 Å². The second-order valence-corrected chi connectivity index (χ2v) is 8.55. The van der Waals surface area contributed by atoms with Crippen LogP contribution in [0.5, 0.6) is 23.0 Å². The Kier molecular flexibility index (Phi) is 8.00. The molecule has 2 heterocycles. The number of piperidine rings is 1. The van der Waals surface area contributed by atoms with Gasteiger partial charge in [-0.2, -0.15) is 0 Å². The van der Waals surface area contributed by atoms with Gasteiger partial charge in [-0.05, 0) is 70.4 Å².